The summed E-state index contributed by atoms with van der Waals surface area (Å²) in [6.07, 6.45) is -12.0. The van der Waals surface area contributed by atoms with E-state index >= 15 is 0 Å². The second-order valence-electron chi connectivity index (χ2n) is 5.93. The van der Waals surface area contributed by atoms with Gasteiger partial charge in [0.2, 0.25) is 5.91 Å². The van der Waals surface area contributed by atoms with Gasteiger partial charge >= 0.3 is 0 Å². The Morgan fingerprint density at radius 3 is 2.31 bits per heavy atom. The molecule has 1 aliphatic rings. The first-order valence-electron chi connectivity index (χ1n) is 7.83. The van der Waals surface area contributed by atoms with Gasteiger partial charge in [0.1, 0.15) is 36.7 Å². The summed E-state index contributed by atoms with van der Waals surface area (Å²) in [5.41, 5.74) is 0. The monoisotopic (exact) mass is 383 g/mol. The fourth-order valence-electron chi connectivity index (χ4n) is 2.53. The third kappa shape index (κ3) is 5.39. The lowest BCUT2D eigenvalue weighted by molar-refractivity contribution is -0.350. The van der Waals surface area contributed by atoms with Crippen molar-refractivity contribution in [3.8, 4) is 0 Å². The molecule has 0 unspecified atom stereocenters. The Labute approximate surface area is 148 Å². The van der Waals surface area contributed by atoms with Crippen LogP contribution in [0, 0.1) is 5.92 Å². The van der Waals surface area contributed by atoms with E-state index in [-0.39, 0.29) is 6.29 Å². The Balaban J connectivity index is 3.02. The number of nitrogens with one attached hydrogen (secondary N) is 1. The van der Waals surface area contributed by atoms with E-state index in [4.69, 9.17) is 14.6 Å². The zero-order valence-electron chi connectivity index (χ0n) is 14.0. The van der Waals surface area contributed by atoms with Gasteiger partial charge in [0, 0.05) is 6.92 Å². The van der Waals surface area contributed by atoms with Crippen LogP contribution in [-0.4, -0.2) is 110 Å². The number of hydrogen-bond acceptors (Lipinski definition) is 11. The van der Waals surface area contributed by atoms with Gasteiger partial charge in [-0.1, -0.05) is 0 Å². The maximum atomic E-state index is 11.1. The third-order valence-electron chi connectivity index (χ3n) is 3.99. The molecule has 1 heterocycles. The predicted octanol–water partition coefficient (Wildman–Crippen LogP) is -5.21. The maximum Gasteiger partial charge on any atom is 0.217 e. The van der Waals surface area contributed by atoms with Crippen LogP contribution in [0.3, 0.4) is 0 Å². The van der Waals surface area contributed by atoms with Crippen molar-refractivity contribution >= 4 is 12.2 Å². The predicted molar refractivity (Wildman–Crippen MR) is 81.1 cm³/mol. The van der Waals surface area contributed by atoms with Crippen molar-refractivity contribution in [1.29, 1.82) is 0 Å². The van der Waals surface area contributed by atoms with Gasteiger partial charge in [0.05, 0.1) is 25.2 Å². The molecule has 0 aliphatic carbocycles. The number of aliphatic hydroxyl groups is 7. The van der Waals surface area contributed by atoms with Crippen molar-refractivity contribution in [3.05, 3.63) is 0 Å². The average Bonchev–Trinajstić information content (AvgIpc) is 2.60. The molecule has 152 valence electrons. The van der Waals surface area contributed by atoms with Crippen LogP contribution in [-0.2, 0) is 19.1 Å². The van der Waals surface area contributed by atoms with Crippen molar-refractivity contribution < 1.29 is 54.8 Å². The first kappa shape index (κ1) is 22.8. The van der Waals surface area contributed by atoms with Gasteiger partial charge in [-0.15, -0.1) is 0 Å². The topological polar surface area (TPSA) is 206 Å². The van der Waals surface area contributed by atoms with Gasteiger partial charge < -0.3 is 55.3 Å². The fraction of sp³-hybridized carbons (Fsp3) is 0.857. The van der Waals surface area contributed by atoms with Gasteiger partial charge in [-0.2, -0.15) is 0 Å². The second-order valence-corrected chi connectivity index (χ2v) is 5.93. The van der Waals surface area contributed by atoms with E-state index in [0.29, 0.717) is 0 Å². The highest BCUT2D eigenvalue weighted by molar-refractivity contribution is 5.77. The van der Waals surface area contributed by atoms with Crippen LogP contribution in [0.15, 0.2) is 0 Å². The van der Waals surface area contributed by atoms with Crippen molar-refractivity contribution in [2.24, 2.45) is 5.92 Å². The highest BCUT2D eigenvalue weighted by Gasteiger charge is 2.47. The smallest absolute Gasteiger partial charge is 0.217 e. The number of aliphatic hydroxyl groups excluding tert-OH is 7. The molecule has 0 spiro atoms. The van der Waals surface area contributed by atoms with E-state index in [9.17, 15) is 40.2 Å². The zero-order chi connectivity index (χ0) is 20.0. The first-order valence-corrected chi connectivity index (χ1v) is 7.83. The molecule has 1 amide bonds. The summed E-state index contributed by atoms with van der Waals surface area (Å²) in [7, 11) is 0. The molecule has 0 radical (unpaired) electrons. The lowest BCUT2D eigenvalue weighted by Gasteiger charge is -2.42. The molecule has 12 heteroatoms. The molecule has 9 atom stereocenters. The Bertz CT molecular complexity index is 464. The quantitative estimate of drug-likeness (QED) is 0.177. The molecular formula is C14H25NO11. The van der Waals surface area contributed by atoms with Gasteiger partial charge in [0.15, 0.2) is 12.6 Å². The Morgan fingerprint density at radius 2 is 1.85 bits per heavy atom. The summed E-state index contributed by atoms with van der Waals surface area (Å²) in [5, 5.41) is 69.8. The molecule has 12 nitrogen and oxygen atoms in total. The van der Waals surface area contributed by atoms with E-state index in [1.807, 2.05) is 0 Å². The van der Waals surface area contributed by atoms with Crippen LogP contribution in [0.1, 0.15) is 6.92 Å². The molecule has 0 aromatic rings. The Hall–Kier alpha value is -1.22. The number of amides is 1. The van der Waals surface area contributed by atoms with E-state index in [1.54, 1.807) is 0 Å². The highest BCUT2D eigenvalue weighted by atomic mass is 16.7. The van der Waals surface area contributed by atoms with Crippen molar-refractivity contribution in [3.63, 3.8) is 0 Å². The standard InChI is InChI=1S/C14H25NO11/c1-5(19)15-7(3-17)10(22)12(8(20)4-18)25-14-6(2-16)9(21)11(23)13(24)26-14/h3,6-14,16,18,20-24H,2,4H2,1H3,(H,15,19)/t6-,7+,8-,9+,10-,11+,12-,13+,14+/m1/s1. The number of hydrogen-bond donors (Lipinski definition) is 8. The minimum Gasteiger partial charge on any atom is -0.396 e. The zero-order valence-corrected chi connectivity index (χ0v) is 14.0. The van der Waals surface area contributed by atoms with Crippen LogP contribution in [0.4, 0.5) is 0 Å². The molecule has 1 saturated heterocycles. The summed E-state index contributed by atoms with van der Waals surface area (Å²) in [4.78, 5) is 22.2. The summed E-state index contributed by atoms with van der Waals surface area (Å²) in [5.74, 6) is -1.93. The summed E-state index contributed by atoms with van der Waals surface area (Å²) < 4.78 is 10.2. The van der Waals surface area contributed by atoms with Crippen molar-refractivity contribution in [2.45, 2.75) is 56.1 Å². The van der Waals surface area contributed by atoms with Crippen LogP contribution in [0.25, 0.3) is 0 Å². The van der Waals surface area contributed by atoms with Gasteiger partial charge in [0.25, 0.3) is 0 Å². The number of ether oxygens (including phenoxy) is 2. The number of rotatable bonds is 9. The normalized spacial score (nSPS) is 33.8. The Kier molecular flexibility index (Phi) is 8.95. The van der Waals surface area contributed by atoms with E-state index in [0.717, 1.165) is 6.92 Å². The van der Waals surface area contributed by atoms with E-state index < -0.39 is 74.2 Å². The fourth-order valence-corrected chi connectivity index (χ4v) is 2.53. The lowest BCUT2D eigenvalue weighted by Crippen LogP contribution is -2.60. The SMILES string of the molecule is CC(=O)N[C@@H](C=O)[C@@H](O)[C@H](O[C@H]1O[C@H](O)[C@@H](O)[C@@H](O)[C@H]1CO)[C@H](O)CO. The number of aldehydes is 1. The molecule has 1 aliphatic heterocycles. The Morgan fingerprint density at radius 1 is 1.23 bits per heavy atom. The van der Waals surface area contributed by atoms with Crippen LogP contribution in [0.5, 0.6) is 0 Å². The van der Waals surface area contributed by atoms with Gasteiger partial charge in [-0.3, -0.25) is 4.79 Å². The minimum absolute atomic E-state index is 0.186. The highest BCUT2D eigenvalue weighted by Crippen LogP contribution is 2.28. The molecule has 26 heavy (non-hydrogen) atoms. The third-order valence-corrected chi connectivity index (χ3v) is 3.99. The molecule has 1 rings (SSSR count). The van der Waals surface area contributed by atoms with Gasteiger partial charge in [-0.05, 0) is 0 Å². The molecular weight excluding hydrogens is 358 g/mol. The molecule has 0 saturated carbocycles. The molecule has 1 fully saturated rings. The largest absolute Gasteiger partial charge is 0.396 e. The number of carbonyl (C=O) groups is 2. The molecule has 8 N–H and O–H groups in total. The second kappa shape index (κ2) is 10.2. The minimum atomic E-state index is -1.89. The summed E-state index contributed by atoms with van der Waals surface area (Å²) >= 11 is 0. The average molecular weight is 383 g/mol. The molecule has 0 aromatic heterocycles. The summed E-state index contributed by atoms with van der Waals surface area (Å²) in [6.45, 7) is -0.574. The lowest BCUT2D eigenvalue weighted by atomic mass is 9.94. The summed E-state index contributed by atoms with van der Waals surface area (Å²) in [6, 6.07) is -1.50. The maximum absolute atomic E-state index is 11.1. The molecule has 0 aromatic carbocycles. The first-order chi connectivity index (χ1) is 12.2. The van der Waals surface area contributed by atoms with Crippen LogP contribution in [0.2, 0.25) is 0 Å². The van der Waals surface area contributed by atoms with Crippen LogP contribution < -0.4 is 5.32 Å². The van der Waals surface area contributed by atoms with Gasteiger partial charge in [-0.25, -0.2) is 0 Å². The number of carbonyl (C=O) groups excluding carboxylic acids is 2. The van der Waals surface area contributed by atoms with Crippen LogP contribution >= 0.6 is 0 Å². The van der Waals surface area contributed by atoms with E-state index in [1.165, 1.54) is 0 Å². The van der Waals surface area contributed by atoms with Crippen molar-refractivity contribution in [1.82, 2.24) is 5.32 Å². The van der Waals surface area contributed by atoms with E-state index in [2.05, 4.69) is 5.32 Å². The molecule has 0 bridgehead atoms. The van der Waals surface area contributed by atoms with Crippen molar-refractivity contribution in [2.75, 3.05) is 13.2 Å².